The lowest BCUT2D eigenvalue weighted by Gasteiger charge is -2.32. The zero-order valence-electron chi connectivity index (χ0n) is 16.3. The van der Waals surface area contributed by atoms with Crippen molar-refractivity contribution in [3.63, 3.8) is 0 Å². The third-order valence-corrected chi connectivity index (χ3v) is 5.12. The Kier molecular flexibility index (Phi) is 6.09. The number of benzene rings is 2. The first-order valence-electron chi connectivity index (χ1n) is 9.52. The van der Waals surface area contributed by atoms with Crippen molar-refractivity contribution >= 4 is 23.9 Å². The van der Waals surface area contributed by atoms with E-state index in [2.05, 4.69) is 12.2 Å². The van der Waals surface area contributed by atoms with Gasteiger partial charge in [0.15, 0.2) is 0 Å². The zero-order valence-corrected chi connectivity index (χ0v) is 16.3. The van der Waals surface area contributed by atoms with E-state index in [9.17, 15) is 14.4 Å². The molecule has 0 saturated carbocycles. The van der Waals surface area contributed by atoms with E-state index in [0.717, 1.165) is 29.6 Å². The maximum atomic E-state index is 12.6. The average molecular weight is 379 g/mol. The summed E-state index contributed by atoms with van der Waals surface area (Å²) in [5, 5.41) is 3.00. The van der Waals surface area contributed by atoms with Crippen molar-refractivity contribution in [2.45, 2.75) is 20.3 Å². The highest BCUT2D eigenvalue weighted by Gasteiger charge is 2.21. The molecule has 1 heterocycles. The fraction of sp³-hybridized carbons (Fsp3) is 0.318. The van der Waals surface area contributed by atoms with Gasteiger partial charge in [-0.3, -0.25) is 14.4 Å². The number of para-hydroxylation sites is 1. The Labute approximate surface area is 165 Å². The first kappa shape index (κ1) is 19.6. The van der Waals surface area contributed by atoms with Crippen LogP contribution in [0.4, 0.5) is 5.69 Å². The first-order chi connectivity index (χ1) is 13.5. The van der Waals surface area contributed by atoms with Gasteiger partial charge in [0, 0.05) is 43.0 Å². The molecule has 146 valence electrons. The van der Waals surface area contributed by atoms with Crippen molar-refractivity contribution in [1.29, 1.82) is 0 Å². The Balaban J connectivity index is 1.68. The lowest BCUT2D eigenvalue weighted by atomic mass is 10.0. The Morgan fingerprint density at radius 3 is 2.25 bits per heavy atom. The lowest BCUT2D eigenvalue weighted by Crippen LogP contribution is -2.48. The van der Waals surface area contributed by atoms with E-state index in [1.54, 1.807) is 34.1 Å². The highest BCUT2D eigenvalue weighted by atomic mass is 16.2. The number of rotatable bonds is 5. The van der Waals surface area contributed by atoms with Crippen molar-refractivity contribution in [3.8, 4) is 0 Å². The van der Waals surface area contributed by atoms with Crippen LogP contribution in [-0.2, 0) is 11.2 Å². The molecule has 0 aromatic heterocycles. The van der Waals surface area contributed by atoms with Crippen LogP contribution in [0.3, 0.4) is 0 Å². The van der Waals surface area contributed by atoms with Gasteiger partial charge in [-0.15, -0.1) is 0 Å². The minimum Gasteiger partial charge on any atom is -0.342 e. The topological polar surface area (TPSA) is 69.7 Å². The molecule has 2 aromatic carbocycles. The smallest absolute Gasteiger partial charge is 0.255 e. The van der Waals surface area contributed by atoms with Crippen LogP contribution in [0.25, 0.3) is 0 Å². The van der Waals surface area contributed by atoms with Gasteiger partial charge in [-0.2, -0.15) is 0 Å². The van der Waals surface area contributed by atoms with Gasteiger partial charge < -0.3 is 15.1 Å². The maximum absolute atomic E-state index is 12.6. The fourth-order valence-corrected chi connectivity index (χ4v) is 3.36. The van der Waals surface area contributed by atoms with Crippen LogP contribution in [-0.4, -0.2) is 54.2 Å². The molecule has 28 heavy (non-hydrogen) atoms. The number of carbonyl (C=O) groups excluding carboxylic acids is 3. The quantitative estimate of drug-likeness (QED) is 0.812. The number of nitrogens with one attached hydrogen (secondary N) is 1. The Bertz CT molecular complexity index is 869. The third kappa shape index (κ3) is 4.22. The van der Waals surface area contributed by atoms with Gasteiger partial charge in [0.25, 0.3) is 11.8 Å². The summed E-state index contributed by atoms with van der Waals surface area (Å²) in [6.45, 7) is 6.16. The van der Waals surface area contributed by atoms with Gasteiger partial charge in [-0.05, 0) is 48.7 Å². The van der Waals surface area contributed by atoms with Crippen LogP contribution in [0.5, 0.6) is 0 Å². The molecule has 1 aliphatic rings. The molecule has 0 spiro atoms. The van der Waals surface area contributed by atoms with Gasteiger partial charge >= 0.3 is 0 Å². The summed E-state index contributed by atoms with van der Waals surface area (Å²) >= 11 is 0. The predicted molar refractivity (Wildman–Crippen MR) is 108 cm³/mol. The molecule has 6 heteroatoms. The van der Waals surface area contributed by atoms with Crippen molar-refractivity contribution in [3.05, 3.63) is 64.7 Å². The Hall–Kier alpha value is -3.15. The predicted octanol–water partition coefficient (Wildman–Crippen LogP) is 2.72. The summed E-state index contributed by atoms with van der Waals surface area (Å²) in [7, 11) is 0. The average Bonchev–Trinajstić information content (AvgIpc) is 2.74. The number of hydrogen-bond acceptors (Lipinski definition) is 3. The lowest BCUT2D eigenvalue weighted by molar-refractivity contribution is -0.119. The van der Waals surface area contributed by atoms with Crippen LogP contribution in [0.1, 0.15) is 38.8 Å². The van der Waals surface area contributed by atoms with Crippen molar-refractivity contribution in [2.24, 2.45) is 0 Å². The molecule has 3 amide bonds. The SMILES string of the molecule is CCc1cccc(C)c1NC(=O)c1ccc(C(=O)N2CCN(C=O)CC2)cc1. The van der Waals surface area contributed by atoms with Gasteiger partial charge in [-0.25, -0.2) is 0 Å². The standard InChI is InChI=1S/C22H25N3O3/c1-3-17-6-4-5-16(2)20(17)23-21(27)18-7-9-19(10-8-18)22(28)25-13-11-24(15-26)12-14-25/h4-10,15H,3,11-14H2,1-2H3,(H,23,27). The molecule has 3 rings (SSSR count). The second-order valence-electron chi connectivity index (χ2n) is 6.93. The summed E-state index contributed by atoms with van der Waals surface area (Å²) in [5.74, 6) is -0.271. The molecule has 1 saturated heterocycles. The van der Waals surface area contributed by atoms with Crippen LogP contribution in [0, 0.1) is 6.92 Å². The zero-order chi connectivity index (χ0) is 20.1. The summed E-state index contributed by atoms with van der Waals surface area (Å²) in [6, 6.07) is 12.7. The molecular formula is C22H25N3O3. The normalized spacial score (nSPS) is 13.9. The largest absolute Gasteiger partial charge is 0.342 e. The number of anilines is 1. The molecule has 1 aliphatic heterocycles. The molecule has 2 aromatic rings. The number of nitrogens with zero attached hydrogens (tertiary/aromatic N) is 2. The monoisotopic (exact) mass is 379 g/mol. The van der Waals surface area contributed by atoms with Gasteiger partial charge in [0.05, 0.1) is 0 Å². The highest BCUT2D eigenvalue weighted by Crippen LogP contribution is 2.22. The van der Waals surface area contributed by atoms with Crippen LogP contribution >= 0.6 is 0 Å². The molecule has 0 radical (unpaired) electrons. The third-order valence-electron chi connectivity index (χ3n) is 5.12. The van der Waals surface area contributed by atoms with Crippen molar-refractivity contribution < 1.29 is 14.4 Å². The van der Waals surface area contributed by atoms with Crippen LogP contribution in [0.15, 0.2) is 42.5 Å². The van der Waals surface area contributed by atoms with Crippen molar-refractivity contribution in [2.75, 3.05) is 31.5 Å². The number of hydrogen-bond donors (Lipinski definition) is 1. The van der Waals surface area contributed by atoms with E-state index in [1.165, 1.54) is 0 Å². The van der Waals surface area contributed by atoms with Crippen LogP contribution < -0.4 is 5.32 Å². The minimum atomic E-state index is -0.192. The molecule has 0 unspecified atom stereocenters. The maximum Gasteiger partial charge on any atom is 0.255 e. The summed E-state index contributed by atoms with van der Waals surface area (Å²) in [5.41, 5.74) is 4.01. The number of carbonyl (C=O) groups is 3. The van der Waals surface area contributed by atoms with Gasteiger partial charge in [0.1, 0.15) is 0 Å². The molecule has 0 atom stereocenters. The Morgan fingerprint density at radius 2 is 1.64 bits per heavy atom. The molecule has 1 fully saturated rings. The second-order valence-corrected chi connectivity index (χ2v) is 6.93. The van der Waals surface area contributed by atoms with E-state index in [4.69, 9.17) is 0 Å². The van der Waals surface area contributed by atoms with Crippen molar-refractivity contribution in [1.82, 2.24) is 9.80 Å². The van der Waals surface area contributed by atoms with Gasteiger partial charge in [0.2, 0.25) is 6.41 Å². The summed E-state index contributed by atoms with van der Waals surface area (Å²) < 4.78 is 0. The number of aryl methyl sites for hydroxylation is 2. The molecular weight excluding hydrogens is 354 g/mol. The van der Waals surface area contributed by atoms with E-state index in [0.29, 0.717) is 37.3 Å². The number of amides is 3. The Morgan fingerprint density at radius 1 is 1.00 bits per heavy atom. The molecule has 0 bridgehead atoms. The number of piperazine rings is 1. The van der Waals surface area contributed by atoms with E-state index < -0.39 is 0 Å². The molecule has 1 N–H and O–H groups in total. The van der Waals surface area contributed by atoms with E-state index in [1.807, 2.05) is 25.1 Å². The first-order valence-corrected chi connectivity index (χ1v) is 9.52. The molecule has 6 nitrogen and oxygen atoms in total. The van der Waals surface area contributed by atoms with E-state index in [-0.39, 0.29) is 11.8 Å². The van der Waals surface area contributed by atoms with E-state index >= 15 is 0 Å². The van der Waals surface area contributed by atoms with Gasteiger partial charge in [-0.1, -0.05) is 25.1 Å². The summed E-state index contributed by atoms with van der Waals surface area (Å²) in [4.78, 5) is 39.4. The minimum absolute atomic E-state index is 0.0790. The second kappa shape index (κ2) is 8.69. The fourth-order valence-electron chi connectivity index (χ4n) is 3.36. The highest BCUT2D eigenvalue weighted by molar-refractivity contribution is 6.05. The molecule has 0 aliphatic carbocycles. The summed E-state index contributed by atoms with van der Waals surface area (Å²) in [6.07, 6.45) is 1.65. The van der Waals surface area contributed by atoms with Crippen LogP contribution in [0.2, 0.25) is 0 Å².